The van der Waals surface area contributed by atoms with Crippen LogP contribution < -0.4 is 10.4 Å². The molecule has 0 bridgehead atoms. The highest BCUT2D eigenvalue weighted by molar-refractivity contribution is 7.90. The number of nitrogens with zero attached hydrogens (tertiary/aromatic N) is 1. The van der Waals surface area contributed by atoms with Gasteiger partial charge in [0.2, 0.25) is 0 Å². The molecule has 0 aliphatic carbocycles. The van der Waals surface area contributed by atoms with Crippen molar-refractivity contribution in [3.8, 4) is 0 Å². The van der Waals surface area contributed by atoms with Crippen molar-refractivity contribution in [3.05, 3.63) is 235 Å². The lowest BCUT2D eigenvalue weighted by atomic mass is 9.79. The molecule has 0 radical (unpaired) electrons. The molecule has 2 heterocycles. The zero-order valence-corrected chi connectivity index (χ0v) is 42.0. The second kappa shape index (κ2) is 21.6. The molecule has 0 spiro atoms. The van der Waals surface area contributed by atoms with Gasteiger partial charge in [0.25, 0.3) is 18.3 Å². The topological polar surface area (TPSA) is 94.5 Å². The number of hydrogen-bond acceptors (Lipinski definition) is 8. The number of hydrogen-bond donors (Lipinski definition) is 0. The summed E-state index contributed by atoms with van der Waals surface area (Å²) in [6.07, 6.45) is -2.19. The van der Waals surface area contributed by atoms with Gasteiger partial charge in [-0.2, -0.15) is 0 Å². The van der Waals surface area contributed by atoms with E-state index in [9.17, 15) is 8.42 Å². The summed E-state index contributed by atoms with van der Waals surface area (Å²) < 4.78 is 75.4. The summed E-state index contributed by atoms with van der Waals surface area (Å²) in [6, 6.07) is 66.9. The van der Waals surface area contributed by atoms with Crippen molar-refractivity contribution in [1.82, 2.24) is 3.97 Å². The van der Waals surface area contributed by atoms with Crippen molar-refractivity contribution in [2.75, 3.05) is 13.2 Å². The van der Waals surface area contributed by atoms with Crippen molar-refractivity contribution < 1.29 is 36.5 Å². The quantitative estimate of drug-likeness (QED) is 0.0740. The Balaban J connectivity index is 1.28. The van der Waals surface area contributed by atoms with Crippen LogP contribution in [0.4, 0.5) is 0 Å². The van der Waals surface area contributed by atoms with Crippen LogP contribution in [0.2, 0.25) is 5.04 Å². The summed E-state index contributed by atoms with van der Waals surface area (Å²) in [7, 11) is -7.30. The highest BCUT2D eigenvalue weighted by Crippen LogP contribution is 2.49. The van der Waals surface area contributed by atoms with Gasteiger partial charge in [-0.1, -0.05) is 209 Å². The molecule has 0 amide bonds. The highest BCUT2D eigenvalue weighted by Gasteiger charge is 2.62. The van der Waals surface area contributed by atoms with Crippen molar-refractivity contribution in [2.45, 2.75) is 87.7 Å². The van der Waals surface area contributed by atoms with Gasteiger partial charge < -0.3 is 28.1 Å². The Labute approximate surface area is 413 Å². The maximum Gasteiger partial charge on any atom is 0.268 e. The summed E-state index contributed by atoms with van der Waals surface area (Å²) in [6.45, 7) is 9.45. The fraction of sp³-hybridized carbons (Fsp3) is 0.254. The summed E-state index contributed by atoms with van der Waals surface area (Å²) in [5.41, 5.74) is 2.06. The van der Waals surface area contributed by atoms with Crippen molar-refractivity contribution in [3.63, 3.8) is 0 Å². The van der Waals surface area contributed by atoms with Gasteiger partial charge in [0.1, 0.15) is 18.3 Å². The molecule has 8 aromatic rings. The molecule has 1 aliphatic heterocycles. The van der Waals surface area contributed by atoms with E-state index >= 15 is 0 Å². The maximum absolute atomic E-state index is 14.9. The third-order valence-electron chi connectivity index (χ3n) is 13.2. The zero-order valence-electron chi connectivity index (χ0n) is 40.2. The van der Waals surface area contributed by atoms with E-state index in [0.29, 0.717) is 16.5 Å². The Hall–Kier alpha value is -5.99. The largest absolute Gasteiger partial charge is 0.405 e. The minimum atomic E-state index is -4.15. The van der Waals surface area contributed by atoms with Crippen LogP contribution in [0.1, 0.15) is 49.9 Å². The van der Waals surface area contributed by atoms with E-state index in [1.54, 1.807) is 36.5 Å². The number of aromatic nitrogens is 1. The first-order valence-corrected chi connectivity index (χ1v) is 27.3. The minimum Gasteiger partial charge on any atom is -0.405 e. The highest BCUT2D eigenvalue weighted by atomic mass is 32.2. The molecule has 1 fully saturated rings. The van der Waals surface area contributed by atoms with E-state index in [1.165, 1.54) is 3.97 Å². The van der Waals surface area contributed by atoms with E-state index in [-0.39, 0.29) is 43.0 Å². The lowest BCUT2D eigenvalue weighted by Gasteiger charge is -2.54. The molecule has 1 saturated heterocycles. The molecule has 360 valence electrons. The third kappa shape index (κ3) is 9.86. The molecule has 0 saturated carbocycles. The number of rotatable bonds is 19. The number of ether oxygens (including phenoxy) is 5. The van der Waals surface area contributed by atoms with Crippen molar-refractivity contribution in [1.29, 1.82) is 0 Å². The van der Waals surface area contributed by atoms with Crippen LogP contribution >= 0.6 is 0 Å². The standard InChI is InChI=1S/C59H61NO8SSi/c1-5-63-57-59(66-43-47-30-16-8-17-31-47,52-40-60(53-39-25-24-38-51(52)53)69(61,62)48-32-18-9-19-33-48)56(65-42-46-28-14-7-15-29-46)55(64-41-45-26-12-6-13-27-45)54(68-57)44-67-70(58(2,3)4,49-34-20-10-21-35-49)50-36-22-11-23-37-50/h6-40,54-57H,5,41-44H2,1-4H3/t54-,55-,56+,57+,59-/m1/s1. The molecule has 7 aromatic carbocycles. The van der Waals surface area contributed by atoms with Crippen molar-refractivity contribution in [2.24, 2.45) is 0 Å². The Bertz CT molecular complexity index is 2970. The molecular formula is C59H61NO8SSi. The molecule has 5 atom stereocenters. The molecule has 1 aliphatic rings. The van der Waals surface area contributed by atoms with E-state index in [4.69, 9.17) is 28.1 Å². The van der Waals surface area contributed by atoms with Crippen LogP contribution in [0.25, 0.3) is 10.9 Å². The van der Waals surface area contributed by atoms with Gasteiger partial charge >= 0.3 is 0 Å². The van der Waals surface area contributed by atoms with Gasteiger partial charge in [0.05, 0.1) is 36.8 Å². The molecular weight excluding hydrogens is 911 g/mol. The first kappa shape index (κ1) is 49.0. The molecule has 9 nitrogen and oxygen atoms in total. The molecule has 11 heteroatoms. The van der Waals surface area contributed by atoms with Crippen LogP contribution in [-0.2, 0) is 63.6 Å². The predicted molar refractivity (Wildman–Crippen MR) is 278 cm³/mol. The average molecular weight is 972 g/mol. The van der Waals surface area contributed by atoms with Gasteiger partial charge in [-0.3, -0.25) is 0 Å². The fourth-order valence-corrected chi connectivity index (χ4v) is 15.9. The number of fused-ring (bicyclic) bond motifs is 1. The van der Waals surface area contributed by atoms with E-state index in [1.807, 2.05) is 134 Å². The van der Waals surface area contributed by atoms with Crippen LogP contribution in [0.15, 0.2) is 217 Å². The predicted octanol–water partition coefficient (Wildman–Crippen LogP) is 10.8. The van der Waals surface area contributed by atoms with Crippen molar-refractivity contribution >= 4 is 39.6 Å². The summed E-state index contributed by atoms with van der Waals surface area (Å²) in [4.78, 5) is 0.143. The van der Waals surface area contributed by atoms with Crippen LogP contribution in [0, 0.1) is 0 Å². The molecule has 0 unspecified atom stereocenters. The lowest BCUT2D eigenvalue weighted by Crippen LogP contribution is -2.70. The normalized spacial score (nSPS) is 19.8. The number of benzene rings is 7. The number of para-hydroxylation sites is 1. The van der Waals surface area contributed by atoms with E-state index in [2.05, 4.69) is 69.3 Å². The van der Waals surface area contributed by atoms with E-state index < -0.39 is 48.5 Å². The second-order valence-corrected chi connectivity index (χ2v) is 24.8. The van der Waals surface area contributed by atoms with Crippen LogP contribution in [0.5, 0.6) is 0 Å². The molecule has 1 aromatic heterocycles. The molecule has 0 N–H and O–H groups in total. The lowest BCUT2D eigenvalue weighted by molar-refractivity contribution is -0.371. The van der Waals surface area contributed by atoms with Gasteiger partial charge in [0.15, 0.2) is 11.9 Å². The van der Waals surface area contributed by atoms with Crippen LogP contribution in [0.3, 0.4) is 0 Å². The Morgan fingerprint density at radius 3 is 1.59 bits per heavy atom. The average Bonchev–Trinajstić information content (AvgIpc) is 3.80. The third-order valence-corrected chi connectivity index (χ3v) is 19.9. The maximum atomic E-state index is 14.9. The monoisotopic (exact) mass is 971 g/mol. The van der Waals surface area contributed by atoms with Gasteiger partial charge in [0, 0.05) is 23.8 Å². The van der Waals surface area contributed by atoms with Gasteiger partial charge in [-0.15, -0.1) is 0 Å². The minimum absolute atomic E-state index is 0.0958. The molecule has 9 rings (SSSR count). The summed E-state index contributed by atoms with van der Waals surface area (Å²) in [5.74, 6) is 0. The Morgan fingerprint density at radius 1 is 0.586 bits per heavy atom. The molecule has 70 heavy (non-hydrogen) atoms. The zero-order chi connectivity index (χ0) is 48.6. The smallest absolute Gasteiger partial charge is 0.268 e. The first-order valence-electron chi connectivity index (χ1n) is 24.0. The summed E-state index contributed by atoms with van der Waals surface area (Å²) >= 11 is 0. The van der Waals surface area contributed by atoms with Gasteiger partial charge in [-0.25, -0.2) is 12.4 Å². The Morgan fingerprint density at radius 2 is 1.06 bits per heavy atom. The Kier molecular flexibility index (Phi) is 15.1. The fourth-order valence-electron chi connectivity index (χ4n) is 9.92. The SMILES string of the molecule is CCO[C@H]1O[C@H](CO[Si](c2ccccc2)(c2ccccc2)C(C)(C)C)[C@@H](OCc2ccccc2)[C@H](OCc2ccccc2)[C@]1(OCc1ccccc1)c1cn(S(=O)(=O)c2ccccc2)c2ccccc12. The summed E-state index contributed by atoms with van der Waals surface area (Å²) in [5, 5.41) is 2.53. The van der Waals surface area contributed by atoms with Gasteiger partial charge in [-0.05, 0) is 57.2 Å². The van der Waals surface area contributed by atoms with E-state index in [0.717, 1.165) is 27.1 Å². The second-order valence-electron chi connectivity index (χ2n) is 18.7. The van der Waals surface area contributed by atoms with Crippen LogP contribution in [-0.4, -0.2) is 58.5 Å². The first-order chi connectivity index (χ1) is 34.1.